The number of ether oxygens (including phenoxy) is 1. The van der Waals surface area contributed by atoms with Crippen molar-refractivity contribution in [3.05, 3.63) is 95.1 Å². The Balaban J connectivity index is 1.52. The second-order valence-electron chi connectivity index (χ2n) is 6.90. The highest BCUT2D eigenvalue weighted by molar-refractivity contribution is 7.18. The van der Waals surface area contributed by atoms with E-state index in [-0.39, 0.29) is 24.0 Å². The molecule has 0 bridgehead atoms. The molecule has 4 aromatic rings. The van der Waals surface area contributed by atoms with E-state index in [2.05, 4.69) is 20.4 Å². The van der Waals surface area contributed by atoms with Crippen LogP contribution in [0.4, 0.5) is 24.0 Å². The predicted molar refractivity (Wildman–Crippen MR) is 121 cm³/mol. The summed E-state index contributed by atoms with van der Waals surface area (Å²) in [5.41, 5.74) is 2.66. The molecule has 0 spiro atoms. The fourth-order valence-electron chi connectivity index (χ4n) is 3.03. The third kappa shape index (κ3) is 5.89. The zero-order chi connectivity index (χ0) is 23.2. The number of amides is 1. The standard InChI is InChI=1S/C24H18F3N3O2S/c25-17-8-10-18(11-9-17)29-24-30-20(16-4-2-1-3-5-16)21(33-24)22(31)28-14-15-6-12-19(13-7-15)32-23(26)27/h1-13,23H,14H2,(H,28,31)(H,29,30). The molecule has 0 aliphatic rings. The summed E-state index contributed by atoms with van der Waals surface area (Å²) in [4.78, 5) is 18.0. The van der Waals surface area contributed by atoms with Crippen LogP contribution in [0.1, 0.15) is 15.2 Å². The highest BCUT2D eigenvalue weighted by Crippen LogP contribution is 2.33. The Bertz CT molecular complexity index is 1210. The van der Waals surface area contributed by atoms with Gasteiger partial charge in [-0.2, -0.15) is 8.78 Å². The number of hydrogen-bond donors (Lipinski definition) is 2. The number of carbonyl (C=O) groups excluding carboxylic acids is 1. The van der Waals surface area contributed by atoms with Gasteiger partial charge in [-0.1, -0.05) is 53.8 Å². The number of hydrogen-bond acceptors (Lipinski definition) is 5. The number of nitrogens with zero attached hydrogens (tertiary/aromatic N) is 1. The first-order valence-electron chi connectivity index (χ1n) is 9.89. The van der Waals surface area contributed by atoms with Gasteiger partial charge in [0.15, 0.2) is 5.13 Å². The van der Waals surface area contributed by atoms with Crippen molar-refractivity contribution in [2.24, 2.45) is 0 Å². The van der Waals surface area contributed by atoms with Gasteiger partial charge in [-0.05, 0) is 42.0 Å². The maximum atomic E-state index is 13.2. The quantitative estimate of drug-likeness (QED) is 0.321. The van der Waals surface area contributed by atoms with Gasteiger partial charge in [0.25, 0.3) is 5.91 Å². The Hall–Kier alpha value is -3.85. The van der Waals surface area contributed by atoms with Gasteiger partial charge in [0.05, 0.1) is 5.69 Å². The van der Waals surface area contributed by atoms with Crippen LogP contribution in [0.2, 0.25) is 0 Å². The maximum Gasteiger partial charge on any atom is 0.387 e. The topological polar surface area (TPSA) is 63.2 Å². The summed E-state index contributed by atoms with van der Waals surface area (Å²) in [5.74, 6) is -0.629. The number of benzene rings is 3. The third-order valence-electron chi connectivity index (χ3n) is 4.58. The first-order valence-corrected chi connectivity index (χ1v) is 10.7. The molecule has 5 nitrogen and oxygen atoms in total. The number of halogens is 3. The molecule has 1 aromatic heterocycles. The van der Waals surface area contributed by atoms with Crippen molar-refractivity contribution in [2.75, 3.05) is 5.32 Å². The van der Waals surface area contributed by atoms with E-state index < -0.39 is 6.61 Å². The molecular weight excluding hydrogens is 451 g/mol. The van der Waals surface area contributed by atoms with Crippen LogP contribution in [0.15, 0.2) is 78.9 Å². The molecule has 9 heteroatoms. The zero-order valence-corrected chi connectivity index (χ0v) is 17.9. The van der Waals surface area contributed by atoms with Crippen LogP contribution < -0.4 is 15.4 Å². The molecule has 0 atom stereocenters. The third-order valence-corrected chi connectivity index (χ3v) is 5.55. The SMILES string of the molecule is O=C(NCc1ccc(OC(F)F)cc1)c1sc(Nc2ccc(F)cc2)nc1-c1ccccc1. The summed E-state index contributed by atoms with van der Waals surface area (Å²) in [5, 5.41) is 6.42. The van der Waals surface area contributed by atoms with Crippen molar-refractivity contribution < 1.29 is 22.7 Å². The Kier molecular flexibility index (Phi) is 6.89. The highest BCUT2D eigenvalue weighted by atomic mass is 32.1. The lowest BCUT2D eigenvalue weighted by Crippen LogP contribution is -2.22. The van der Waals surface area contributed by atoms with Gasteiger partial charge in [-0.25, -0.2) is 9.37 Å². The number of nitrogens with one attached hydrogen (secondary N) is 2. The molecule has 2 N–H and O–H groups in total. The number of anilines is 2. The number of thiazole rings is 1. The molecule has 0 radical (unpaired) electrons. The minimum atomic E-state index is -2.89. The molecule has 3 aromatic carbocycles. The molecule has 4 rings (SSSR count). The molecule has 1 amide bonds. The van der Waals surface area contributed by atoms with E-state index in [9.17, 15) is 18.0 Å². The molecular formula is C24H18F3N3O2S. The monoisotopic (exact) mass is 469 g/mol. The number of carbonyl (C=O) groups is 1. The van der Waals surface area contributed by atoms with E-state index in [0.717, 1.165) is 11.1 Å². The van der Waals surface area contributed by atoms with Crippen LogP contribution in [0.3, 0.4) is 0 Å². The second-order valence-corrected chi connectivity index (χ2v) is 7.90. The van der Waals surface area contributed by atoms with Crippen molar-refractivity contribution in [2.45, 2.75) is 13.2 Å². The minimum Gasteiger partial charge on any atom is -0.435 e. The summed E-state index contributed by atoms with van der Waals surface area (Å²) < 4.78 is 42.1. The predicted octanol–water partition coefficient (Wildman–Crippen LogP) is 6.22. The fraction of sp³-hybridized carbons (Fsp3) is 0.0833. The van der Waals surface area contributed by atoms with E-state index in [1.165, 1.54) is 35.6 Å². The number of aromatic nitrogens is 1. The summed E-state index contributed by atoms with van der Waals surface area (Å²) >= 11 is 1.17. The highest BCUT2D eigenvalue weighted by Gasteiger charge is 2.19. The number of alkyl halides is 2. The fourth-order valence-corrected chi connectivity index (χ4v) is 3.95. The van der Waals surface area contributed by atoms with Crippen LogP contribution >= 0.6 is 11.3 Å². The number of rotatable bonds is 8. The van der Waals surface area contributed by atoms with E-state index in [1.807, 2.05) is 30.3 Å². The molecule has 33 heavy (non-hydrogen) atoms. The van der Waals surface area contributed by atoms with Gasteiger partial charge >= 0.3 is 6.61 Å². The van der Waals surface area contributed by atoms with Crippen molar-refractivity contribution in [3.8, 4) is 17.0 Å². The van der Waals surface area contributed by atoms with Gasteiger partial charge in [0.1, 0.15) is 16.4 Å². The van der Waals surface area contributed by atoms with E-state index in [1.54, 1.807) is 24.3 Å². The Labute approximate surface area is 191 Å². The van der Waals surface area contributed by atoms with Crippen molar-refractivity contribution >= 4 is 28.1 Å². The lowest BCUT2D eigenvalue weighted by atomic mass is 10.1. The largest absolute Gasteiger partial charge is 0.435 e. The van der Waals surface area contributed by atoms with E-state index in [4.69, 9.17) is 0 Å². The summed E-state index contributed by atoms with van der Waals surface area (Å²) in [6, 6.07) is 21.2. The second kappa shape index (κ2) is 10.2. The normalized spacial score (nSPS) is 10.8. The maximum absolute atomic E-state index is 13.2. The molecule has 0 fully saturated rings. The molecule has 0 saturated carbocycles. The first-order chi connectivity index (χ1) is 16.0. The smallest absolute Gasteiger partial charge is 0.387 e. The summed E-state index contributed by atoms with van der Waals surface area (Å²) in [6.07, 6.45) is 0. The van der Waals surface area contributed by atoms with Crippen LogP contribution in [0.5, 0.6) is 5.75 Å². The van der Waals surface area contributed by atoms with Crippen molar-refractivity contribution in [3.63, 3.8) is 0 Å². The van der Waals surface area contributed by atoms with Crippen LogP contribution in [0, 0.1) is 5.82 Å². The van der Waals surface area contributed by atoms with Gasteiger partial charge < -0.3 is 15.4 Å². The van der Waals surface area contributed by atoms with E-state index >= 15 is 0 Å². The average molecular weight is 469 g/mol. The minimum absolute atomic E-state index is 0.0467. The van der Waals surface area contributed by atoms with Crippen molar-refractivity contribution in [1.82, 2.24) is 10.3 Å². The lowest BCUT2D eigenvalue weighted by molar-refractivity contribution is -0.0498. The zero-order valence-electron chi connectivity index (χ0n) is 17.1. The van der Waals surface area contributed by atoms with Gasteiger partial charge in [0.2, 0.25) is 0 Å². The average Bonchev–Trinajstić information content (AvgIpc) is 3.24. The summed E-state index contributed by atoms with van der Waals surface area (Å²) in [6.45, 7) is -2.70. The van der Waals surface area contributed by atoms with Crippen LogP contribution in [-0.2, 0) is 6.54 Å². The molecule has 0 aliphatic carbocycles. The molecule has 0 saturated heterocycles. The van der Waals surface area contributed by atoms with Gasteiger partial charge in [-0.3, -0.25) is 4.79 Å². The lowest BCUT2D eigenvalue weighted by Gasteiger charge is -2.07. The molecule has 0 unspecified atom stereocenters. The molecule has 1 heterocycles. The first kappa shape index (κ1) is 22.3. The molecule has 0 aliphatic heterocycles. The van der Waals surface area contributed by atoms with Crippen molar-refractivity contribution in [1.29, 1.82) is 0 Å². The van der Waals surface area contributed by atoms with Gasteiger partial charge in [0, 0.05) is 17.8 Å². The van der Waals surface area contributed by atoms with Crippen LogP contribution in [-0.4, -0.2) is 17.5 Å². The Morgan fingerprint density at radius 2 is 1.67 bits per heavy atom. The summed E-state index contributed by atoms with van der Waals surface area (Å²) in [7, 11) is 0. The Morgan fingerprint density at radius 1 is 0.970 bits per heavy atom. The van der Waals surface area contributed by atoms with Gasteiger partial charge in [-0.15, -0.1) is 0 Å². The van der Waals surface area contributed by atoms with E-state index in [0.29, 0.717) is 21.4 Å². The molecule has 168 valence electrons. The van der Waals surface area contributed by atoms with Crippen LogP contribution in [0.25, 0.3) is 11.3 Å². The Morgan fingerprint density at radius 3 is 2.33 bits per heavy atom.